The number of oxazole rings is 1. The van der Waals surface area contributed by atoms with Gasteiger partial charge in [-0.2, -0.15) is 13.2 Å². The number of carbonyl (C=O) groups excluding carboxylic acids is 1. The summed E-state index contributed by atoms with van der Waals surface area (Å²) in [6.45, 7) is 3.18. The van der Waals surface area contributed by atoms with Gasteiger partial charge in [0.15, 0.2) is 0 Å². The van der Waals surface area contributed by atoms with Crippen LogP contribution in [0.15, 0.2) is 52.9 Å². The predicted octanol–water partition coefficient (Wildman–Crippen LogP) is 4.92. The van der Waals surface area contributed by atoms with Crippen molar-refractivity contribution >= 4 is 34.0 Å². The number of nitrogens with zero attached hydrogens (tertiary/aromatic N) is 3. The zero-order valence-electron chi connectivity index (χ0n) is 18.8. The summed E-state index contributed by atoms with van der Waals surface area (Å²) in [6, 6.07) is 12.3. The molecule has 4 rings (SSSR count). The number of anilines is 1. The fraction of sp³-hybridized carbons (Fsp3) is 0.333. The minimum absolute atomic E-state index is 0.0652. The molecule has 3 aromatic rings. The highest BCUT2D eigenvalue weighted by molar-refractivity contribution is 7.84. The Hall–Kier alpha value is -2.85. The first kappa shape index (κ1) is 25.2. The van der Waals surface area contributed by atoms with Crippen LogP contribution < -0.4 is 4.90 Å². The van der Waals surface area contributed by atoms with E-state index in [4.69, 9.17) is 16.0 Å². The van der Waals surface area contributed by atoms with Crippen LogP contribution in [-0.4, -0.2) is 51.9 Å². The Morgan fingerprint density at radius 2 is 1.83 bits per heavy atom. The lowest BCUT2D eigenvalue weighted by Crippen LogP contribution is -2.50. The molecule has 1 aromatic heterocycles. The lowest BCUT2D eigenvalue weighted by molar-refractivity contribution is -0.137. The molecule has 2 aromatic carbocycles. The van der Waals surface area contributed by atoms with E-state index in [0.29, 0.717) is 59.8 Å². The maximum Gasteiger partial charge on any atom is 0.416 e. The molecule has 1 amide bonds. The van der Waals surface area contributed by atoms with E-state index in [9.17, 15) is 22.2 Å². The monoisotopic (exact) mass is 525 g/mol. The molecule has 1 aliphatic rings. The van der Waals surface area contributed by atoms with E-state index < -0.39 is 22.5 Å². The number of halogens is 4. The van der Waals surface area contributed by atoms with Crippen LogP contribution >= 0.6 is 11.6 Å². The minimum Gasteiger partial charge on any atom is -0.441 e. The first-order valence-electron chi connectivity index (χ1n) is 10.9. The molecule has 0 aliphatic carbocycles. The van der Waals surface area contributed by atoms with Crippen molar-refractivity contribution in [3.8, 4) is 11.5 Å². The van der Waals surface area contributed by atoms with Gasteiger partial charge in [0.05, 0.1) is 27.6 Å². The van der Waals surface area contributed by atoms with Crippen molar-refractivity contribution < 1.29 is 26.6 Å². The van der Waals surface area contributed by atoms with Gasteiger partial charge in [-0.1, -0.05) is 29.8 Å². The molecular weight excluding hydrogens is 503 g/mol. The number of hydrogen-bond acceptors (Lipinski definition) is 5. The summed E-state index contributed by atoms with van der Waals surface area (Å²) < 4.78 is 57.4. The van der Waals surface area contributed by atoms with Crippen molar-refractivity contribution in [2.24, 2.45) is 0 Å². The summed E-state index contributed by atoms with van der Waals surface area (Å²) in [6.07, 6.45) is -4.41. The number of hydrogen-bond donors (Lipinski definition) is 0. The van der Waals surface area contributed by atoms with Crippen molar-refractivity contribution in [2.45, 2.75) is 18.9 Å². The molecule has 2 heterocycles. The van der Waals surface area contributed by atoms with Gasteiger partial charge in [0, 0.05) is 42.7 Å². The zero-order chi connectivity index (χ0) is 25.2. The average molecular weight is 526 g/mol. The van der Waals surface area contributed by atoms with E-state index in [2.05, 4.69) is 4.98 Å². The minimum atomic E-state index is -4.41. The van der Waals surface area contributed by atoms with E-state index in [0.717, 1.165) is 12.1 Å². The Kier molecular flexibility index (Phi) is 7.51. The summed E-state index contributed by atoms with van der Waals surface area (Å²) in [7, 11) is -1.50. The number of rotatable bonds is 6. The van der Waals surface area contributed by atoms with Crippen molar-refractivity contribution in [1.29, 1.82) is 0 Å². The Bertz CT molecular complexity index is 1240. The quantitative estimate of drug-likeness (QED) is 0.457. The fourth-order valence-electron chi connectivity index (χ4n) is 3.84. The molecule has 6 nitrogen and oxygen atoms in total. The van der Waals surface area contributed by atoms with Crippen LogP contribution in [0.25, 0.3) is 11.5 Å². The van der Waals surface area contributed by atoms with Gasteiger partial charge in [-0.15, -0.1) is 0 Å². The molecule has 186 valence electrons. The van der Waals surface area contributed by atoms with E-state index in [1.807, 2.05) is 11.0 Å². The molecule has 0 radical (unpaired) electrons. The first-order valence-corrected chi connectivity index (χ1v) is 12.7. The smallest absolute Gasteiger partial charge is 0.416 e. The summed E-state index contributed by atoms with van der Waals surface area (Å²) in [4.78, 5) is 20.5. The molecule has 1 aliphatic heterocycles. The van der Waals surface area contributed by atoms with Gasteiger partial charge in [-0.3, -0.25) is 9.00 Å². The topological polar surface area (TPSA) is 66.7 Å². The van der Waals surface area contributed by atoms with Crippen LogP contribution in [0.1, 0.15) is 17.0 Å². The Morgan fingerprint density at radius 3 is 2.51 bits per heavy atom. The van der Waals surface area contributed by atoms with Gasteiger partial charge >= 0.3 is 6.18 Å². The Labute approximate surface area is 208 Å². The molecule has 1 atom stereocenters. The second-order valence-corrected chi connectivity index (χ2v) is 10.0. The van der Waals surface area contributed by atoms with Crippen LogP contribution in [0.4, 0.5) is 18.9 Å². The standard InChI is InChI=1S/C24H23ClF3N3O3S/c1-16-21(29-23(34-16)19-7-2-3-8-20(19)25)14-35(33)15-22(32)31-11-9-30(10-12-31)18-6-4-5-17(13-18)24(26,27)28/h2-8,13H,9-12,14-15H2,1H3. The van der Waals surface area contributed by atoms with Gasteiger partial charge in [0.1, 0.15) is 11.5 Å². The summed E-state index contributed by atoms with van der Waals surface area (Å²) >= 11 is 6.19. The second kappa shape index (κ2) is 10.4. The molecule has 0 saturated carbocycles. The largest absolute Gasteiger partial charge is 0.441 e. The van der Waals surface area contributed by atoms with E-state index in [1.165, 1.54) is 6.07 Å². The van der Waals surface area contributed by atoms with Crippen molar-refractivity contribution in [3.05, 3.63) is 70.6 Å². The second-order valence-electron chi connectivity index (χ2n) is 8.15. The Morgan fingerprint density at radius 1 is 1.11 bits per heavy atom. The van der Waals surface area contributed by atoms with E-state index >= 15 is 0 Å². The highest BCUT2D eigenvalue weighted by atomic mass is 35.5. The van der Waals surface area contributed by atoms with Gasteiger partial charge in [-0.25, -0.2) is 4.98 Å². The fourth-order valence-corrected chi connectivity index (χ4v) is 5.19. The van der Waals surface area contributed by atoms with Crippen molar-refractivity contribution in [2.75, 3.05) is 36.8 Å². The normalized spacial score (nSPS) is 15.3. The van der Waals surface area contributed by atoms with Crippen molar-refractivity contribution in [1.82, 2.24) is 9.88 Å². The summed E-state index contributed by atoms with van der Waals surface area (Å²) in [5, 5.41) is 0.487. The molecule has 0 bridgehead atoms. The van der Waals surface area contributed by atoms with Crippen LogP contribution in [0, 0.1) is 6.92 Å². The van der Waals surface area contributed by atoms with Crippen LogP contribution in [-0.2, 0) is 27.5 Å². The third-order valence-electron chi connectivity index (χ3n) is 5.75. The molecular formula is C24H23ClF3N3O3S. The van der Waals surface area contributed by atoms with Gasteiger partial charge in [-0.05, 0) is 37.3 Å². The average Bonchev–Trinajstić information content (AvgIpc) is 3.18. The van der Waals surface area contributed by atoms with E-state index in [1.54, 1.807) is 36.1 Å². The van der Waals surface area contributed by atoms with E-state index in [-0.39, 0.29) is 17.4 Å². The molecule has 35 heavy (non-hydrogen) atoms. The number of aromatic nitrogens is 1. The molecule has 0 spiro atoms. The van der Waals surface area contributed by atoms with Crippen LogP contribution in [0.2, 0.25) is 5.02 Å². The van der Waals surface area contributed by atoms with Crippen LogP contribution in [0.3, 0.4) is 0 Å². The number of alkyl halides is 3. The molecule has 1 fully saturated rings. The lowest BCUT2D eigenvalue weighted by atomic mass is 10.1. The molecule has 1 unspecified atom stereocenters. The van der Waals surface area contributed by atoms with Gasteiger partial charge in [0.2, 0.25) is 11.8 Å². The lowest BCUT2D eigenvalue weighted by Gasteiger charge is -2.36. The van der Waals surface area contributed by atoms with Crippen LogP contribution in [0.5, 0.6) is 0 Å². The third kappa shape index (κ3) is 6.05. The molecule has 0 N–H and O–H groups in total. The molecule has 1 saturated heterocycles. The highest BCUT2D eigenvalue weighted by Gasteiger charge is 2.31. The predicted molar refractivity (Wildman–Crippen MR) is 129 cm³/mol. The zero-order valence-corrected chi connectivity index (χ0v) is 20.4. The summed E-state index contributed by atoms with van der Waals surface area (Å²) in [5.74, 6) is 0.472. The Balaban J connectivity index is 1.32. The SMILES string of the molecule is Cc1oc(-c2ccccc2Cl)nc1CS(=O)CC(=O)N1CCN(c2cccc(C(F)(F)F)c2)CC1. The maximum atomic E-state index is 13.0. The first-order chi connectivity index (χ1) is 16.6. The number of benzene rings is 2. The number of amides is 1. The maximum absolute atomic E-state index is 13.0. The number of carbonyl (C=O) groups is 1. The highest BCUT2D eigenvalue weighted by Crippen LogP contribution is 2.32. The number of piperazine rings is 1. The number of aryl methyl sites for hydroxylation is 1. The van der Waals surface area contributed by atoms with Gasteiger partial charge < -0.3 is 14.2 Å². The van der Waals surface area contributed by atoms with Gasteiger partial charge in [0.25, 0.3) is 0 Å². The summed E-state index contributed by atoms with van der Waals surface area (Å²) in [5.41, 5.74) is 0.889. The molecule has 11 heteroatoms. The van der Waals surface area contributed by atoms with Crippen molar-refractivity contribution in [3.63, 3.8) is 0 Å². The third-order valence-corrected chi connectivity index (χ3v) is 7.24.